The average molecular weight is 394 g/mol. The number of carbonyl (C=O) groups is 1. The summed E-state index contributed by atoms with van der Waals surface area (Å²) in [5.74, 6) is 0.776. The van der Waals surface area contributed by atoms with Gasteiger partial charge in [0.15, 0.2) is 0 Å². The summed E-state index contributed by atoms with van der Waals surface area (Å²) in [6.45, 7) is 1.45. The molecule has 0 aliphatic heterocycles. The molecule has 1 N–H and O–H groups in total. The molecule has 0 aliphatic rings. The van der Waals surface area contributed by atoms with Crippen LogP contribution in [0.15, 0.2) is 66.9 Å². The normalized spacial score (nSPS) is 11.2. The van der Waals surface area contributed by atoms with Crippen LogP contribution in [0.5, 0.6) is 11.5 Å². The first-order chi connectivity index (χ1) is 13.8. The second kappa shape index (κ2) is 8.84. The summed E-state index contributed by atoms with van der Waals surface area (Å²) < 4.78 is 19.5. The molecule has 150 valence electrons. The SMILES string of the molecule is C[N+](C)(C)CCNC(=O)c1ccnc(-c2ccc(Oc3ccc(F)cc3)cc2)c1. The van der Waals surface area contributed by atoms with Gasteiger partial charge in [-0.25, -0.2) is 4.39 Å². The number of hydrogen-bond donors (Lipinski definition) is 1. The van der Waals surface area contributed by atoms with E-state index in [4.69, 9.17) is 4.74 Å². The zero-order valence-corrected chi connectivity index (χ0v) is 16.9. The number of likely N-dealkylation sites (N-methyl/N-ethyl adjacent to an activating group) is 1. The number of pyridine rings is 1. The highest BCUT2D eigenvalue weighted by Crippen LogP contribution is 2.25. The van der Waals surface area contributed by atoms with Gasteiger partial charge in [-0.15, -0.1) is 0 Å². The maximum Gasteiger partial charge on any atom is 0.251 e. The third kappa shape index (κ3) is 6.12. The number of ether oxygens (including phenoxy) is 1. The van der Waals surface area contributed by atoms with E-state index in [0.29, 0.717) is 29.3 Å². The van der Waals surface area contributed by atoms with Gasteiger partial charge in [0.1, 0.15) is 17.3 Å². The first-order valence-electron chi connectivity index (χ1n) is 9.39. The molecule has 0 saturated carbocycles. The van der Waals surface area contributed by atoms with E-state index >= 15 is 0 Å². The van der Waals surface area contributed by atoms with Gasteiger partial charge in [0.25, 0.3) is 5.91 Å². The van der Waals surface area contributed by atoms with Gasteiger partial charge in [-0.1, -0.05) is 0 Å². The predicted octanol–water partition coefficient (Wildman–Crippen LogP) is 4.12. The minimum Gasteiger partial charge on any atom is -0.457 e. The molecule has 6 heteroatoms. The number of halogens is 1. The molecule has 0 saturated heterocycles. The summed E-state index contributed by atoms with van der Waals surface area (Å²) in [5.41, 5.74) is 2.15. The lowest BCUT2D eigenvalue weighted by molar-refractivity contribution is -0.869. The van der Waals surface area contributed by atoms with Gasteiger partial charge in [-0.3, -0.25) is 9.78 Å². The molecule has 0 fully saturated rings. The van der Waals surface area contributed by atoms with Crippen molar-refractivity contribution in [3.05, 3.63) is 78.2 Å². The molecule has 0 bridgehead atoms. The lowest BCUT2D eigenvalue weighted by Crippen LogP contribution is -2.41. The fourth-order valence-corrected chi connectivity index (χ4v) is 2.67. The second-order valence-electron chi connectivity index (χ2n) is 7.78. The van der Waals surface area contributed by atoms with Crippen LogP contribution in [-0.4, -0.2) is 49.6 Å². The third-order valence-electron chi connectivity index (χ3n) is 4.29. The van der Waals surface area contributed by atoms with Crippen LogP contribution in [0.1, 0.15) is 10.4 Å². The molecule has 29 heavy (non-hydrogen) atoms. The average Bonchev–Trinajstić information content (AvgIpc) is 2.69. The number of rotatable bonds is 7. The molecule has 3 aromatic rings. The van der Waals surface area contributed by atoms with E-state index in [9.17, 15) is 9.18 Å². The van der Waals surface area contributed by atoms with Crippen molar-refractivity contribution in [1.82, 2.24) is 10.3 Å². The van der Waals surface area contributed by atoms with Gasteiger partial charge in [-0.2, -0.15) is 0 Å². The highest BCUT2D eigenvalue weighted by molar-refractivity contribution is 5.95. The molecule has 1 aromatic heterocycles. The molecule has 2 aromatic carbocycles. The summed E-state index contributed by atoms with van der Waals surface area (Å²) in [6.07, 6.45) is 1.63. The Morgan fingerprint density at radius 3 is 2.24 bits per heavy atom. The van der Waals surface area contributed by atoms with Crippen LogP contribution in [0.3, 0.4) is 0 Å². The Morgan fingerprint density at radius 1 is 1.00 bits per heavy atom. The van der Waals surface area contributed by atoms with Crippen LogP contribution < -0.4 is 10.1 Å². The van der Waals surface area contributed by atoms with Gasteiger partial charge >= 0.3 is 0 Å². The molecule has 0 unspecified atom stereocenters. The molecule has 5 nitrogen and oxygen atoms in total. The molecule has 1 amide bonds. The first kappa shape index (κ1) is 20.5. The van der Waals surface area contributed by atoms with Crippen molar-refractivity contribution in [1.29, 1.82) is 0 Å². The number of aromatic nitrogens is 1. The molecule has 0 aliphatic carbocycles. The number of quaternary nitrogens is 1. The highest BCUT2D eigenvalue weighted by Gasteiger charge is 2.11. The minimum atomic E-state index is -0.305. The van der Waals surface area contributed by atoms with Crippen LogP contribution in [0, 0.1) is 5.82 Å². The van der Waals surface area contributed by atoms with Crippen molar-refractivity contribution in [3.8, 4) is 22.8 Å². The number of nitrogens with zero attached hydrogens (tertiary/aromatic N) is 2. The Balaban J connectivity index is 1.66. The molecule has 0 atom stereocenters. The van der Waals surface area contributed by atoms with Crippen LogP contribution >= 0.6 is 0 Å². The standard InChI is InChI=1S/C23H24FN3O2/c1-27(2,3)15-14-26-23(28)18-12-13-25-22(16-18)17-4-8-20(9-5-17)29-21-10-6-19(24)7-11-21/h4-13,16H,14-15H2,1-3H3/p+1. The first-order valence-corrected chi connectivity index (χ1v) is 9.39. The van der Waals surface area contributed by atoms with Gasteiger partial charge < -0.3 is 14.5 Å². The van der Waals surface area contributed by atoms with Crippen molar-refractivity contribution in [2.75, 3.05) is 34.2 Å². The van der Waals surface area contributed by atoms with Gasteiger partial charge in [0.05, 0.1) is 39.9 Å². The zero-order chi connectivity index (χ0) is 20.9. The number of carbonyl (C=O) groups excluding carboxylic acids is 1. The van der Waals surface area contributed by atoms with Crippen LogP contribution in [0.2, 0.25) is 0 Å². The summed E-state index contributed by atoms with van der Waals surface area (Å²) in [5, 5.41) is 2.95. The van der Waals surface area contributed by atoms with E-state index in [1.807, 2.05) is 24.3 Å². The Labute approximate surface area is 170 Å². The topological polar surface area (TPSA) is 51.2 Å². The van der Waals surface area contributed by atoms with Crippen LogP contribution in [0.4, 0.5) is 4.39 Å². The molecular formula is C23H25FN3O2+. The van der Waals surface area contributed by atoms with Crippen LogP contribution in [0.25, 0.3) is 11.3 Å². The van der Waals surface area contributed by atoms with E-state index in [1.165, 1.54) is 12.1 Å². The smallest absolute Gasteiger partial charge is 0.251 e. The van der Waals surface area contributed by atoms with Crippen molar-refractivity contribution in [3.63, 3.8) is 0 Å². The van der Waals surface area contributed by atoms with Gasteiger partial charge in [0, 0.05) is 17.3 Å². The zero-order valence-electron chi connectivity index (χ0n) is 16.9. The molecule has 1 heterocycles. The quantitative estimate of drug-likeness (QED) is 0.614. The summed E-state index contributed by atoms with van der Waals surface area (Å²) in [7, 11) is 6.25. The molecule has 0 radical (unpaired) electrons. The van der Waals surface area contributed by atoms with E-state index in [1.54, 1.807) is 30.5 Å². The molecular weight excluding hydrogens is 369 g/mol. The minimum absolute atomic E-state index is 0.113. The van der Waals surface area contributed by atoms with Crippen LogP contribution in [-0.2, 0) is 0 Å². The van der Waals surface area contributed by atoms with Crippen molar-refractivity contribution >= 4 is 5.91 Å². The maximum atomic E-state index is 13.0. The second-order valence-corrected chi connectivity index (χ2v) is 7.78. The van der Waals surface area contributed by atoms with Crippen molar-refractivity contribution < 1.29 is 18.4 Å². The summed E-state index contributed by atoms with van der Waals surface area (Å²) >= 11 is 0. The lowest BCUT2D eigenvalue weighted by Gasteiger charge is -2.23. The third-order valence-corrected chi connectivity index (χ3v) is 4.29. The highest BCUT2D eigenvalue weighted by atomic mass is 19.1. The lowest BCUT2D eigenvalue weighted by atomic mass is 10.1. The maximum absolute atomic E-state index is 13.0. The van der Waals surface area contributed by atoms with E-state index in [0.717, 1.165) is 16.6 Å². The molecule has 0 spiro atoms. The number of amides is 1. The largest absolute Gasteiger partial charge is 0.457 e. The summed E-state index contributed by atoms with van der Waals surface area (Å²) in [6, 6.07) is 16.7. The van der Waals surface area contributed by atoms with Gasteiger partial charge in [-0.05, 0) is 60.7 Å². The molecule has 3 rings (SSSR count). The van der Waals surface area contributed by atoms with Crippen molar-refractivity contribution in [2.24, 2.45) is 0 Å². The Hall–Kier alpha value is -3.25. The Morgan fingerprint density at radius 2 is 1.62 bits per heavy atom. The number of benzene rings is 2. The monoisotopic (exact) mass is 394 g/mol. The predicted molar refractivity (Wildman–Crippen MR) is 111 cm³/mol. The fourth-order valence-electron chi connectivity index (χ4n) is 2.67. The van der Waals surface area contributed by atoms with E-state index in [2.05, 4.69) is 31.4 Å². The van der Waals surface area contributed by atoms with Gasteiger partial charge in [0.2, 0.25) is 0 Å². The Kier molecular flexibility index (Phi) is 6.24. The van der Waals surface area contributed by atoms with Crippen molar-refractivity contribution in [2.45, 2.75) is 0 Å². The summed E-state index contributed by atoms with van der Waals surface area (Å²) in [4.78, 5) is 16.8. The fraction of sp³-hybridized carbons (Fsp3) is 0.217. The number of hydrogen-bond acceptors (Lipinski definition) is 3. The van der Waals surface area contributed by atoms with E-state index in [-0.39, 0.29) is 11.7 Å². The van der Waals surface area contributed by atoms with E-state index < -0.39 is 0 Å². The Bertz CT molecular complexity index is 965. The number of nitrogens with one attached hydrogen (secondary N) is 1.